The number of aromatic nitrogens is 2. The molecule has 4 rings (SSSR count). The lowest BCUT2D eigenvalue weighted by Crippen LogP contribution is -2.44. The number of piperidine rings is 1. The Morgan fingerprint density at radius 2 is 1.79 bits per heavy atom. The fraction of sp³-hybridized carbons (Fsp3) is 0.393. The average Bonchev–Trinajstić information content (AvgIpc) is 2.88. The first-order chi connectivity index (χ1) is 16.6. The number of aryl methyl sites for hydroxylation is 1. The van der Waals surface area contributed by atoms with Crippen LogP contribution in [0.4, 0.5) is 5.95 Å². The van der Waals surface area contributed by atoms with Crippen molar-refractivity contribution in [1.82, 2.24) is 20.2 Å². The van der Waals surface area contributed by atoms with E-state index in [4.69, 9.17) is 0 Å². The third-order valence-corrected chi connectivity index (χ3v) is 6.41. The number of amides is 1. The first-order valence-corrected chi connectivity index (χ1v) is 12.2. The third kappa shape index (κ3) is 6.64. The van der Waals surface area contributed by atoms with Crippen molar-refractivity contribution < 1.29 is 4.79 Å². The van der Waals surface area contributed by atoms with Gasteiger partial charge in [-0.1, -0.05) is 60.2 Å². The lowest BCUT2D eigenvalue weighted by Gasteiger charge is -2.32. The zero-order valence-electron chi connectivity index (χ0n) is 20.3. The van der Waals surface area contributed by atoms with E-state index in [9.17, 15) is 4.79 Å². The molecule has 0 unspecified atom stereocenters. The van der Waals surface area contributed by atoms with E-state index in [1.807, 2.05) is 18.5 Å². The summed E-state index contributed by atoms with van der Waals surface area (Å²) in [5, 5.41) is 3.15. The summed E-state index contributed by atoms with van der Waals surface area (Å²) in [5.74, 6) is 0.832. The third-order valence-electron chi connectivity index (χ3n) is 6.41. The molecule has 0 spiro atoms. The number of hydrogen-bond acceptors (Lipinski definition) is 5. The molecular formula is C28H35N5O. The monoisotopic (exact) mass is 457 g/mol. The van der Waals surface area contributed by atoms with Gasteiger partial charge in [0.15, 0.2) is 0 Å². The topological polar surface area (TPSA) is 61.4 Å². The Labute approximate surface area is 203 Å². The summed E-state index contributed by atoms with van der Waals surface area (Å²) in [6, 6.07) is 18.8. The first kappa shape index (κ1) is 23.9. The molecular weight excluding hydrogens is 422 g/mol. The number of nitrogens with one attached hydrogen (secondary N) is 1. The van der Waals surface area contributed by atoms with Crippen LogP contribution in [0.3, 0.4) is 0 Å². The fourth-order valence-electron chi connectivity index (χ4n) is 4.43. The molecule has 2 aromatic carbocycles. The second kappa shape index (κ2) is 11.7. The maximum atomic E-state index is 12.8. The molecule has 0 aliphatic carbocycles. The Bertz CT molecular complexity index is 1040. The van der Waals surface area contributed by atoms with E-state index in [1.165, 1.54) is 11.1 Å². The van der Waals surface area contributed by atoms with Crippen molar-refractivity contribution in [3.8, 4) is 11.1 Å². The summed E-state index contributed by atoms with van der Waals surface area (Å²) in [6.07, 6.45) is 6.58. The van der Waals surface area contributed by atoms with E-state index in [-0.39, 0.29) is 11.8 Å². The van der Waals surface area contributed by atoms with Crippen LogP contribution in [-0.4, -0.2) is 54.0 Å². The SMILES string of the molecule is Cc1ccc(-c2cnc(N3CCC[C@H](C(=O)NCCCN(C)Cc4ccccc4)C3)nc2)cc1. The molecule has 1 fully saturated rings. The van der Waals surface area contributed by atoms with Gasteiger partial charge in [0.25, 0.3) is 0 Å². The molecule has 178 valence electrons. The minimum absolute atomic E-state index is 0.0174. The molecule has 6 heteroatoms. The number of benzene rings is 2. The molecule has 6 nitrogen and oxygen atoms in total. The van der Waals surface area contributed by atoms with Crippen LogP contribution in [0, 0.1) is 12.8 Å². The highest BCUT2D eigenvalue weighted by Gasteiger charge is 2.27. The minimum atomic E-state index is -0.0174. The molecule has 3 aromatic rings. The van der Waals surface area contributed by atoms with Crippen LogP contribution in [0.1, 0.15) is 30.4 Å². The fourth-order valence-corrected chi connectivity index (χ4v) is 4.43. The van der Waals surface area contributed by atoms with E-state index in [1.54, 1.807) is 0 Å². The van der Waals surface area contributed by atoms with Crippen molar-refractivity contribution in [3.63, 3.8) is 0 Å². The summed E-state index contributed by atoms with van der Waals surface area (Å²) in [4.78, 5) is 26.4. The molecule has 1 amide bonds. The van der Waals surface area contributed by atoms with Crippen molar-refractivity contribution in [3.05, 3.63) is 78.1 Å². The first-order valence-electron chi connectivity index (χ1n) is 12.2. The maximum Gasteiger partial charge on any atom is 0.225 e. The molecule has 1 atom stereocenters. The van der Waals surface area contributed by atoms with Gasteiger partial charge >= 0.3 is 0 Å². The standard InChI is InChI=1S/C28H35N5O/c1-22-11-13-24(14-12-22)26-18-30-28(31-19-26)33-17-6-10-25(21-33)27(34)29-15-7-16-32(2)20-23-8-4-3-5-9-23/h3-5,8-9,11-14,18-19,25H,6-7,10,15-17,20-21H2,1-2H3,(H,29,34)/t25-/m0/s1. The van der Waals surface area contributed by atoms with Gasteiger partial charge < -0.3 is 15.1 Å². The molecule has 1 aromatic heterocycles. The Kier molecular flexibility index (Phi) is 8.26. The van der Waals surface area contributed by atoms with Crippen LogP contribution in [0.2, 0.25) is 0 Å². The molecule has 1 aliphatic heterocycles. The summed E-state index contributed by atoms with van der Waals surface area (Å²) < 4.78 is 0. The zero-order valence-corrected chi connectivity index (χ0v) is 20.3. The van der Waals surface area contributed by atoms with Crippen molar-refractivity contribution >= 4 is 11.9 Å². The van der Waals surface area contributed by atoms with E-state index in [0.29, 0.717) is 19.0 Å². The molecule has 1 saturated heterocycles. The van der Waals surface area contributed by atoms with Crippen LogP contribution in [-0.2, 0) is 11.3 Å². The van der Waals surface area contributed by atoms with Crippen LogP contribution >= 0.6 is 0 Å². The summed E-state index contributed by atoms with van der Waals surface area (Å²) in [7, 11) is 2.12. The summed E-state index contributed by atoms with van der Waals surface area (Å²) >= 11 is 0. The van der Waals surface area contributed by atoms with Crippen molar-refractivity contribution in [1.29, 1.82) is 0 Å². The number of anilines is 1. The van der Waals surface area contributed by atoms with Gasteiger partial charge in [-0.3, -0.25) is 4.79 Å². The van der Waals surface area contributed by atoms with Crippen molar-refractivity contribution in [2.45, 2.75) is 32.7 Å². The predicted octanol–water partition coefficient (Wildman–Crippen LogP) is 4.31. The van der Waals surface area contributed by atoms with Gasteiger partial charge in [0.05, 0.1) is 5.92 Å². The van der Waals surface area contributed by atoms with Gasteiger partial charge in [-0.05, 0) is 50.9 Å². The van der Waals surface area contributed by atoms with Crippen molar-refractivity contribution in [2.24, 2.45) is 5.92 Å². The molecule has 34 heavy (non-hydrogen) atoms. The second-order valence-corrected chi connectivity index (χ2v) is 9.29. The van der Waals surface area contributed by atoms with E-state index in [0.717, 1.165) is 50.0 Å². The van der Waals surface area contributed by atoms with Gasteiger partial charge in [-0.25, -0.2) is 9.97 Å². The molecule has 0 saturated carbocycles. The number of rotatable bonds is 9. The highest BCUT2D eigenvalue weighted by Crippen LogP contribution is 2.23. The predicted molar refractivity (Wildman–Crippen MR) is 138 cm³/mol. The largest absolute Gasteiger partial charge is 0.356 e. The normalized spacial score (nSPS) is 16.0. The van der Waals surface area contributed by atoms with Gasteiger partial charge in [0.1, 0.15) is 0 Å². The van der Waals surface area contributed by atoms with Crippen LogP contribution in [0.15, 0.2) is 67.0 Å². The highest BCUT2D eigenvalue weighted by molar-refractivity contribution is 5.79. The quantitative estimate of drug-likeness (QED) is 0.485. The second-order valence-electron chi connectivity index (χ2n) is 9.29. The van der Waals surface area contributed by atoms with E-state index >= 15 is 0 Å². The van der Waals surface area contributed by atoms with Crippen molar-refractivity contribution in [2.75, 3.05) is 38.1 Å². The molecule has 2 heterocycles. The Hall–Kier alpha value is -3.25. The molecule has 0 radical (unpaired) electrons. The smallest absolute Gasteiger partial charge is 0.225 e. The van der Waals surface area contributed by atoms with Crippen LogP contribution in [0.25, 0.3) is 11.1 Å². The zero-order chi connectivity index (χ0) is 23.8. The Morgan fingerprint density at radius 3 is 2.53 bits per heavy atom. The average molecular weight is 458 g/mol. The van der Waals surface area contributed by atoms with Crippen LogP contribution in [0.5, 0.6) is 0 Å². The van der Waals surface area contributed by atoms with Gasteiger partial charge in [-0.2, -0.15) is 0 Å². The summed E-state index contributed by atoms with van der Waals surface area (Å²) in [5.41, 5.74) is 4.67. The number of carbonyl (C=O) groups is 1. The van der Waals surface area contributed by atoms with Gasteiger partial charge in [0, 0.05) is 44.1 Å². The number of nitrogens with zero attached hydrogens (tertiary/aromatic N) is 4. The lowest BCUT2D eigenvalue weighted by atomic mass is 9.97. The van der Waals surface area contributed by atoms with E-state index in [2.05, 4.69) is 87.6 Å². The van der Waals surface area contributed by atoms with Crippen LogP contribution < -0.4 is 10.2 Å². The molecule has 1 aliphatic rings. The van der Waals surface area contributed by atoms with Gasteiger partial charge in [-0.15, -0.1) is 0 Å². The Morgan fingerprint density at radius 1 is 1.06 bits per heavy atom. The summed E-state index contributed by atoms with van der Waals surface area (Å²) in [6.45, 7) is 6.22. The maximum absolute atomic E-state index is 12.8. The number of hydrogen-bond donors (Lipinski definition) is 1. The minimum Gasteiger partial charge on any atom is -0.356 e. The van der Waals surface area contributed by atoms with Gasteiger partial charge in [0.2, 0.25) is 11.9 Å². The Balaban J connectivity index is 1.22. The number of carbonyl (C=O) groups excluding carboxylic acids is 1. The highest BCUT2D eigenvalue weighted by atomic mass is 16.1. The lowest BCUT2D eigenvalue weighted by molar-refractivity contribution is -0.125. The molecule has 0 bridgehead atoms. The molecule has 1 N–H and O–H groups in total. The van der Waals surface area contributed by atoms with E-state index < -0.39 is 0 Å².